The van der Waals surface area contributed by atoms with Gasteiger partial charge in [-0.25, -0.2) is 4.79 Å². The standard InChI is InChI=1S/C50H82N12O12/c1-8-28(5)38(46(70)57-35(25-31-16-11-10-12-17-31)43(67)55-33(19-14-22-54-50(51)52)42(66)58-36(26-63)49(73)74)59-44(68)34(24-27(3)4)56-47(71)39(29(6)9-2)60-45(69)37-20-15-23-62(37)48(72)40(30(7)64)61-41(65)32-18-13-21-53-32/h10-12,16-17,27-30,32-40,53,63-64H,8-9,13-15,18-26H2,1-7H3,(H,55,67)(H,56,71)(H,57,70)(H,58,66)(H,59,68)(H,60,69)(H,61,65)(H,73,74)(H4,51,52,54)/t28-,29-,30+,32-,33-,34-,35-,36-,37-,38-,39-,40-/m0/s1. The van der Waals surface area contributed by atoms with E-state index in [1.54, 1.807) is 51.1 Å². The van der Waals surface area contributed by atoms with Gasteiger partial charge in [0.05, 0.1) is 18.8 Å². The number of likely N-dealkylation sites (tertiary alicyclic amines) is 1. The molecule has 12 atom stereocenters. The molecule has 2 aliphatic heterocycles. The van der Waals surface area contributed by atoms with Gasteiger partial charge in [-0.05, 0) is 81.7 Å². The fraction of sp³-hybridized carbons (Fsp3) is 0.680. The molecule has 2 saturated heterocycles. The van der Waals surface area contributed by atoms with Crippen molar-refractivity contribution in [3.8, 4) is 0 Å². The number of hydrogen-bond donors (Lipinski definition) is 14. The normalized spacial score (nSPS) is 19.4. The monoisotopic (exact) mass is 1040 g/mol. The average Bonchev–Trinajstić information content (AvgIpc) is 4.09. The lowest BCUT2D eigenvalue weighted by Gasteiger charge is -2.33. The highest BCUT2D eigenvalue weighted by molar-refractivity contribution is 5.98. The molecule has 3 rings (SSSR count). The van der Waals surface area contributed by atoms with Crippen molar-refractivity contribution < 1.29 is 58.5 Å². The molecule has 0 spiro atoms. The van der Waals surface area contributed by atoms with Crippen LogP contribution in [-0.2, 0) is 49.6 Å². The summed E-state index contributed by atoms with van der Waals surface area (Å²) in [7, 11) is 0. The summed E-state index contributed by atoms with van der Waals surface area (Å²) in [6.45, 7) is 12.2. The lowest BCUT2D eigenvalue weighted by atomic mass is 9.94. The summed E-state index contributed by atoms with van der Waals surface area (Å²) in [5.74, 6) is -8.60. The van der Waals surface area contributed by atoms with E-state index in [1.165, 1.54) is 11.8 Å². The predicted octanol–water partition coefficient (Wildman–Crippen LogP) is -1.78. The molecule has 8 amide bonds. The number of guanidine groups is 1. The lowest BCUT2D eigenvalue weighted by Crippen LogP contribution is -2.62. The number of aliphatic hydroxyl groups is 2. The molecular weight excluding hydrogens is 961 g/mol. The van der Waals surface area contributed by atoms with Crippen molar-refractivity contribution >= 4 is 59.2 Å². The van der Waals surface area contributed by atoms with Crippen molar-refractivity contribution in [3.63, 3.8) is 0 Å². The number of carbonyl (C=O) groups excluding carboxylic acids is 8. The van der Waals surface area contributed by atoms with Crippen molar-refractivity contribution in [2.45, 2.75) is 173 Å². The first-order valence-corrected chi connectivity index (χ1v) is 25.8. The summed E-state index contributed by atoms with van der Waals surface area (Å²) in [5, 5.41) is 61.4. The van der Waals surface area contributed by atoms with Gasteiger partial charge in [0.15, 0.2) is 5.96 Å². The molecule has 0 bridgehead atoms. The zero-order valence-electron chi connectivity index (χ0n) is 43.8. The minimum atomic E-state index is -1.68. The lowest BCUT2D eigenvalue weighted by molar-refractivity contribution is -0.144. The molecule has 0 unspecified atom stereocenters. The molecule has 2 aliphatic rings. The topological polar surface area (TPSA) is 376 Å². The van der Waals surface area contributed by atoms with Crippen molar-refractivity contribution in [1.29, 1.82) is 5.41 Å². The number of carboxylic acid groups (broad SMARTS) is 1. The van der Waals surface area contributed by atoms with Gasteiger partial charge in [-0.1, -0.05) is 84.7 Å². The largest absolute Gasteiger partial charge is 0.480 e. The summed E-state index contributed by atoms with van der Waals surface area (Å²) in [6.07, 6.45) is 1.76. The molecule has 1 aromatic carbocycles. The summed E-state index contributed by atoms with van der Waals surface area (Å²) < 4.78 is 0. The zero-order valence-corrected chi connectivity index (χ0v) is 43.8. The minimum absolute atomic E-state index is 0.0692. The number of carboxylic acids is 1. The number of benzene rings is 1. The Balaban J connectivity index is 1.86. The number of aliphatic hydroxyl groups excluding tert-OH is 2. The number of amides is 8. The first kappa shape index (κ1) is 61.9. The Morgan fingerprint density at radius 2 is 1.27 bits per heavy atom. The van der Waals surface area contributed by atoms with Gasteiger partial charge in [-0.2, -0.15) is 0 Å². The highest BCUT2D eigenvalue weighted by Gasteiger charge is 2.42. The van der Waals surface area contributed by atoms with Gasteiger partial charge >= 0.3 is 5.97 Å². The van der Waals surface area contributed by atoms with Gasteiger partial charge in [0, 0.05) is 19.5 Å². The number of nitrogens with two attached hydrogens (primary N) is 1. The zero-order chi connectivity index (χ0) is 55.2. The molecular formula is C50H82N12O12. The molecule has 0 aromatic heterocycles. The van der Waals surface area contributed by atoms with Gasteiger partial charge in [-0.3, -0.25) is 43.8 Å². The SMILES string of the molecule is CC[C@H](C)[C@H](NC(=O)[C@H](CC(C)C)NC(=O)[C@@H](NC(=O)[C@@H]1CCCN1C(=O)[C@@H](NC(=O)[C@@H]1CCCN1)[C@@H](C)O)[C@@H](C)CC)C(=O)N[C@@H](Cc1ccccc1)C(=O)N[C@@H](CCCNC(=N)N)C(=O)N[C@@H](CO)C(=O)O. The molecule has 0 saturated carbocycles. The maximum absolute atomic E-state index is 14.4. The van der Waals surface area contributed by atoms with Crippen LogP contribution in [0.3, 0.4) is 0 Å². The van der Waals surface area contributed by atoms with E-state index in [2.05, 4.69) is 47.9 Å². The molecule has 2 fully saturated rings. The molecule has 15 N–H and O–H groups in total. The minimum Gasteiger partial charge on any atom is -0.480 e. The average molecular weight is 1040 g/mol. The van der Waals surface area contributed by atoms with Gasteiger partial charge in [0.1, 0.15) is 48.3 Å². The molecule has 0 radical (unpaired) electrons. The smallest absolute Gasteiger partial charge is 0.328 e. The molecule has 74 heavy (non-hydrogen) atoms. The quantitative estimate of drug-likeness (QED) is 0.0230. The van der Waals surface area contributed by atoms with Crippen LogP contribution in [0, 0.1) is 23.2 Å². The Morgan fingerprint density at radius 1 is 0.716 bits per heavy atom. The summed E-state index contributed by atoms with van der Waals surface area (Å²) in [6, 6.07) is -2.23. The van der Waals surface area contributed by atoms with E-state index in [1.807, 2.05) is 20.8 Å². The summed E-state index contributed by atoms with van der Waals surface area (Å²) in [5.41, 5.74) is 6.01. The Hall–Kier alpha value is -6.40. The third kappa shape index (κ3) is 19.1. The van der Waals surface area contributed by atoms with Crippen LogP contribution in [0.15, 0.2) is 30.3 Å². The number of rotatable bonds is 30. The van der Waals surface area contributed by atoms with Crippen LogP contribution in [0.5, 0.6) is 0 Å². The van der Waals surface area contributed by atoms with Crippen LogP contribution in [0.2, 0.25) is 0 Å². The van der Waals surface area contributed by atoms with E-state index < -0.39 is 132 Å². The third-order valence-electron chi connectivity index (χ3n) is 13.5. The summed E-state index contributed by atoms with van der Waals surface area (Å²) in [4.78, 5) is 125. The Kier molecular flexibility index (Phi) is 25.7. The molecule has 24 heteroatoms. The van der Waals surface area contributed by atoms with Crippen LogP contribution < -0.4 is 53.6 Å². The third-order valence-corrected chi connectivity index (χ3v) is 13.5. The molecule has 2 heterocycles. The summed E-state index contributed by atoms with van der Waals surface area (Å²) >= 11 is 0. The molecule has 414 valence electrons. The van der Waals surface area contributed by atoms with Crippen LogP contribution in [0.25, 0.3) is 0 Å². The molecule has 24 nitrogen and oxygen atoms in total. The van der Waals surface area contributed by atoms with Crippen molar-refractivity contribution in [3.05, 3.63) is 35.9 Å². The Morgan fingerprint density at radius 3 is 1.81 bits per heavy atom. The van der Waals surface area contributed by atoms with E-state index in [-0.39, 0.29) is 57.1 Å². The first-order chi connectivity index (χ1) is 35.0. The van der Waals surface area contributed by atoms with Gasteiger partial charge in [0.25, 0.3) is 0 Å². The van der Waals surface area contributed by atoms with Crippen LogP contribution >= 0.6 is 0 Å². The fourth-order valence-electron chi connectivity index (χ4n) is 8.75. The second-order valence-electron chi connectivity index (χ2n) is 19.9. The number of carbonyl (C=O) groups is 9. The Bertz CT molecular complexity index is 2070. The number of hydrogen-bond acceptors (Lipinski definition) is 13. The van der Waals surface area contributed by atoms with Gasteiger partial charge in [-0.15, -0.1) is 0 Å². The number of nitrogens with zero attached hydrogens (tertiary/aromatic N) is 1. The van der Waals surface area contributed by atoms with E-state index in [0.717, 1.165) is 6.42 Å². The highest BCUT2D eigenvalue weighted by Crippen LogP contribution is 2.22. The molecule has 0 aliphatic carbocycles. The van der Waals surface area contributed by atoms with Gasteiger partial charge < -0.3 is 73.8 Å². The fourth-order valence-corrected chi connectivity index (χ4v) is 8.75. The van der Waals surface area contributed by atoms with Crippen LogP contribution in [-0.4, -0.2) is 166 Å². The maximum Gasteiger partial charge on any atom is 0.328 e. The van der Waals surface area contributed by atoms with E-state index >= 15 is 0 Å². The molecule has 1 aromatic rings. The van der Waals surface area contributed by atoms with E-state index in [0.29, 0.717) is 37.8 Å². The van der Waals surface area contributed by atoms with Crippen LogP contribution in [0.4, 0.5) is 0 Å². The van der Waals surface area contributed by atoms with Gasteiger partial charge in [0.2, 0.25) is 47.3 Å². The van der Waals surface area contributed by atoms with E-state index in [4.69, 9.17) is 11.1 Å². The second-order valence-corrected chi connectivity index (χ2v) is 19.9. The van der Waals surface area contributed by atoms with Crippen molar-refractivity contribution in [2.24, 2.45) is 23.5 Å². The highest BCUT2D eigenvalue weighted by atomic mass is 16.4. The maximum atomic E-state index is 14.4. The predicted molar refractivity (Wildman–Crippen MR) is 273 cm³/mol. The second kappa shape index (κ2) is 30.7. The number of nitrogens with one attached hydrogen (secondary N) is 10. The van der Waals surface area contributed by atoms with Crippen LogP contribution in [0.1, 0.15) is 112 Å². The Labute approximate surface area is 433 Å². The van der Waals surface area contributed by atoms with E-state index in [9.17, 15) is 58.5 Å². The number of aliphatic carboxylic acids is 1. The van der Waals surface area contributed by atoms with Crippen molar-refractivity contribution in [1.82, 2.24) is 52.8 Å². The first-order valence-electron chi connectivity index (χ1n) is 25.8. The van der Waals surface area contributed by atoms with Crippen molar-refractivity contribution in [2.75, 3.05) is 26.2 Å².